The monoisotopic (exact) mass is 443 g/mol. The molecule has 1 heterocycles. The van der Waals surface area contributed by atoms with Crippen LogP contribution in [0, 0.1) is 0 Å². The first-order valence-corrected chi connectivity index (χ1v) is 10.2. The van der Waals surface area contributed by atoms with Crippen molar-refractivity contribution in [2.75, 3.05) is 18.6 Å². The molecule has 1 N–H and O–H groups in total. The topological polar surface area (TPSA) is 96.0 Å². The van der Waals surface area contributed by atoms with Crippen LogP contribution < -0.4 is 15.0 Å². The second-order valence-corrected chi connectivity index (χ2v) is 7.33. The summed E-state index contributed by atoms with van der Waals surface area (Å²) in [4.78, 5) is 52.1. The summed E-state index contributed by atoms with van der Waals surface area (Å²) >= 11 is 0. The van der Waals surface area contributed by atoms with Crippen LogP contribution in [0.5, 0.6) is 5.75 Å². The minimum atomic E-state index is -1.05. The summed E-state index contributed by atoms with van der Waals surface area (Å²) < 4.78 is 5.07. The number of urea groups is 1. The zero-order valence-corrected chi connectivity index (χ0v) is 17.8. The first-order valence-electron chi connectivity index (χ1n) is 10.2. The van der Waals surface area contributed by atoms with E-state index < -0.39 is 36.3 Å². The number of hydrogen-bond acceptors (Lipinski definition) is 5. The van der Waals surface area contributed by atoms with Crippen LogP contribution >= 0.6 is 0 Å². The summed E-state index contributed by atoms with van der Waals surface area (Å²) in [5.74, 6) is -2.10. The zero-order valence-electron chi connectivity index (χ0n) is 17.8. The van der Waals surface area contributed by atoms with E-state index in [0.29, 0.717) is 10.6 Å². The minimum Gasteiger partial charge on any atom is -0.497 e. The lowest BCUT2D eigenvalue weighted by Gasteiger charge is -2.21. The summed E-state index contributed by atoms with van der Waals surface area (Å²) in [6, 6.07) is 23.4. The Morgan fingerprint density at radius 1 is 0.818 bits per heavy atom. The van der Waals surface area contributed by atoms with E-state index in [9.17, 15) is 19.2 Å². The van der Waals surface area contributed by atoms with Crippen molar-refractivity contribution >= 4 is 29.4 Å². The standard InChI is InChI=1S/C25H21N3O5/c1-33-20-14-12-19(13-15-20)28-24(31)23(30)27(25(28)32)16-21(29)26-22(17-8-4-2-5-9-17)18-10-6-3-7-11-18/h2-15,22H,16H2,1H3,(H,26,29). The molecule has 0 aliphatic carbocycles. The van der Waals surface area contributed by atoms with Crippen molar-refractivity contribution in [2.45, 2.75) is 6.04 Å². The van der Waals surface area contributed by atoms with Gasteiger partial charge < -0.3 is 10.1 Å². The quantitative estimate of drug-likeness (QED) is 0.448. The SMILES string of the molecule is COc1ccc(N2C(=O)C(=O)N(CC(=O)NC(c3ccccc3)c3ccccc3)C2=O)cc1. The van der Waals surface area contributed by atoms with Gasteiger partial charge in [0.25, 0.3) is 0 Å². The lowest BCUT2D eigenvalue weighted by atomic mass is 9.99. The number of imide groups is 2. The second-order valence-electron chi connectivity index (χ2n) is 7.33. The molecule has 1 saturated heterocycles. The molecule has 0 saturated carbocycles. The molecule has 0 radical (unpaired) electrons. The van der Waals surface area contributed by atoms with Gasteiger partial charge in [-0.3, -0.25) is 14.4 Å². The van der Waals surface area contributed by atoms with E-state index in [0.717, 1.165) is 16.0 Å². The third-order valence-electron chi connectivity index (χ3n) is 5.26. The predicted octanol–water partition coefficient (Wildman–Crippen LogP) is 2.90. The summed E-state index contributed by atoms with van der Waals surface area (Å²) in [5.41, 5.74) is 1.90. The van der Waals surface area contributed by atoms with Crippen molar-refractivity contribution in [3.05, 3.63) is 96.1 Å². The van der Waals surface area contributed by atoms with Gasteiger partial charge in [-0.25, -0.2) is 14.6 Å². The Morgan fingerprint density at radius 2 is 1.36 bits per heavy atom. The minimum absolute atomic E-state index is 0.216. The number of methoxy groups -OCH3 is 1. The Bertz CT molecular complexity index is 1140. The number of rotatable bonds is 7. The zero-order chi connectivity index (χ0) is 23.4. The van der Waals surface area contributed by atoms with Gasteiger partial charge in [0.05, 0.1) is 18.8 Å². The Hall–Kier alpha value is -4.46. The largest absolute Gasteiger partial charge is 0.497 e. The van der Waals surface area contributed by atoms with Crippen molar-refractivity contribution in [2.24, 2.45) is 0 Å². The Morgan fingerprint density at radius 3 is 1.88 bits per heavy atom. The van der Waals surface area contributed by atoms with Crippen LogP contribution in [0.4, 0.5) is 10.5 Å². The number of carbonyl (C=O) groups excluding carboxylic acids is 4. The van der Waals surface area contributed by atoms with E-state index >= 15 is 0 Å². The van der Waals surface area contributed by atoms with E-state index in [1.54, 1.807) is 12.1 Å². The smallest absolute Gasteiger partial charge is 0.339 e. The summed E-state index contributed by atoms with van der Waals surface area (Å²) in [7, 11) is 1.49. The number of benzene rings is 3. The van der Waals surface area contributed by atoms with Gasteiger partial charge in [0.2, 0.25) is 5.91 Å². The molecular weight excluding hydrogens is 422 g/mol. The van der Waals surface area contributed by atoms with Crippen molar-refractivity contribution in [3.63, 3.8) is 0 Å². The van der Waals surface area contributed by atoms with Crippen LogP contribution in [0.2, 0.25) is 0 Å². The van der Waals surface area contributed by atoms with Crippen molar-refractivity contribution in [1.29, 1.82) is 0 Å². The normalized spacial score (nSPS) is 13.6. The molecule has 3 aromatic carbocycles. The van der Waals surface area contributed by atoms with Gasteiger partial charge >= 0.3 is 17.8 Å². The van der Waals surface area contributed by atoms with Crippen LogP contribution in [-0.4, -0.2) is 42.3 Å². The highest BCUT2D eigenvalue weighted by atomic mass is 16.5. The third-order valence-corrected chi connectivity index (χ3v) is 5.26. The molecule has 8 heteroatoms. The van der Waals surface area contributed by atoms with Gasteiger partial charge in [-0.05, 0) is 35.4 Å². The average Bonchev–Trinajstić information content (AvgIpc) is 3.06. The number of nitrogens with one attached hydrogen (secondary N) is 1. The fourth-order valence-corrected chi connectivity index (χ4v) is 3.60. The van der Waals surface area contributed by atoms with Crippen LogP contribution in [0.3, 0.4) is 0 Å². The maximum Gasteiger partial charge on any atom is 0.339 e. The molecule has 1 aliphatic rings. The van der Waals surface area contributed by atoms with Crippen molar-refractivity contribution < 1.29 is 23.9 Å². The fraction of sp³-hybridized carbons (Fsp3) is 0.120. The molecular formula is C25H21N3O5. The molecule has 33 heavy (non-hydrogen) atoms. The molecule has 0 atom stereocenters. The molecule has 8 nitrogen and oxygen atoms in total. The summed E-state index contributed by atoms with van der Waals surface area (Å²) in [6.07, 6.45) is 0. The van der Waals surface area contributed by atoms with Crippen LogP contribution in [0.25, 0.3) is 0 Å². The maximum atomic E-state index is 12.9. The molecule has 0 spiro atoms. The Labute approximate surface area is 190 Å². The van der Waals surface area contributed by atoms with Crippen LogP contribution in [0.1, 0.15) is 17.2 Å². The summed E-state index contributed by atoms with van der Waals surface area (Å²) in [5, 5.41) is 2.87. The van der Waals surface area contributed by atoms with Crippen molar-refractivity contribution in [1.82, 2.24) is 10.2 Å². The molecule has 0 aromatic heterocycles. The summed E-state index contributed by atoms with van der Waals surface area (Å²) in [6.45, 7) is -0.577. The Kier molecular flexibility index (Phi) is 6.17. The highest BCUT2D eigenvalue weighted by Gasteiger charge is 2.46. The molecule has 166 valence electrons. The highest BCUT2D eigenvalue weighted by molar-refractivity contribution is 6.53. The number of carbonyl (C=O) groups is 4. The third kappa shape index (κ3) is 4.45. The number of amides is 5. The fourth-order valence-electron chi connectivity index (χ4n) is 3.60. The lowest BCUT2D eigenvalue weighted by molar-refractivity contribution is -0.140. The van der Waals surface area contributed by atoms with Gasteiger partial charge in [0.1, 0.15) is 12.3 Å². The highest BCUT2D eigenvalue weighted by Crippen LogP contribution is 2.25. The van der Waals surface area contributed by atoms with Gasteiger partial charge in [-0.1, -0.05) is 60.7 Å². The van der Waals surface area contributed by atoms with Crippen molar-refractivity contribution in [3.8, 4) is 5.75 Å². The number of hydrogen-bond donors (Lipinski definition) is 1. The second kappa shape index (κ2) is 9.35. The average molecular weight is 443 g/mol. The Balaban J connectivity index is 1.52. The number of ether oxygens (including phenoxy) is 1. The molecule has 3 aromatic rings. The first-order chi connectivity index (χ1) is 16.0. The molecule has 5 amide bonds. The number of anilines is 1. The van der Waals surface area contributed by atoms with E-state index in [4.69, 9.17) is 4.74 Å². The van der Waals surface area contributed by atoms with Gasteiger partial charge in [-0.15, -0.1) is 0 Å². The molecule has 4 rings (SSSR count). The molecule has 1 fully saturated rings. The van der Waals surface area contributed by atoms with Gasteiger partial charge in [0.15, 0.2) is 0 Å². The van der Waals surface area contributed by atoms with Crippen LogP contribution in [0.15, 0.2) is 84.9 Å². The van der Waals surface area contributed by atoms with E-state index in [1.807, 2.05) is 60.7 Å². The molecule has 0 unspecified atom stereocenters. The van der Waals surface area contributed by atoms with E-state index in [2.05, 4.69) is 5.32 Å². The van der Waals surface area contributed by atoms with Gasteiger partial charge in [0, 0.05) is 0 Å². The lowest BCUT2D eigenvalue weighted by Crippen LogP contribution is -2.42. The molecule has 1 aliphatic heterocycles. The molecule has 0 bridgehead atoms. The predicted molar refractivity (Wildman–Crippen MR) is 120 cm³/mol. The van der Waals surface area contributed by atoms with E-state index in [1.165, 1.54) is 19.2 Å². The van der Waals surface area contributed by atoms with Gasteiger partial charge in [-0.2, -0.15) is 0 Å². The van der Waals surface area contributed by atoms with Crippen LogP contribution in [-0.2, 0) is 14.4 Å². The number of nitrogens with zero attached hydrogens (tertiary/aromatic N) is 2. The first kappa shape index (κ1) is 21.8. The maximum absolute atomic E-state index is 12.9. The van der Waals surface area contributed by atoms with E-state index in [-0.39, 0.29) is 5.69 Å².